The molecule has 0 fully saturated rings. The van der Waals surface area contributed by atoms with Crippen LogP contribution in [0.4, 0.5) is 17.2 Å². The summed E-state index contributed by atoms with van der Waals surface area (Å²) in [5.41, 5.74) is 0.0813. The molecule has 0 atom stereocenters. The molecular formula is C12H10N4O3S. The Morgan fingerprint density at radius 2 is 2.20 bits per heavy atom. The number of hydrogen-bond acceptors (Lipinski definition) is 5. The minimum atomic E-state index is -0.589. The molecule has 1 N–H and O–H groups in total. The summed E-state index contributed by atoms with van der Waals surface area (Å²) in [5, 5.41) is 11.1. The third kappa shape index (κ3) is 2.54. The molecule has 1 amide bonds. The van der Waals surface area contributed by atoms with Gasteiger partial charge in [0.1, 0.15) is 4.64 Å². The molecule has 2 heterocycles. The van der Waals surface area contributed by atoms with Crippen LogP contribution in [0.2, 0.25) is 0 Å². The van der Waals surface area contributed by atoms with E-state index in [-0.39, 0.29) is 11.5 Å². The van der Waals surface area contributed by atoms with Crippen LogP contribution in [0.5, 0.6) is 0 Å². The number of carbonyl (C=O) groups excluding carboxylic acids is 1. The molecule has 0 aliphatic heterocycles. The molecule has 0 saturated carbocycles. The zero-order valence-electron chi connectivity index (χ0n) is 10.4. The van der Waals surface area contributed by atoms with E-state index in [1.54, 1.807) is 18.3 Å². The SMILES string of the molecule is CC(=O)N(c1ncccc1[N+](=O)[O-])c1ccc[nH]c1=S. The lowest BCUT2D eigenvalue weighted by Crippen LogP contribution is -2.25. The molecule has 2 aromatic heterocycles. The van der Waals surface area contributed by atoms with Gasteiger partial charge < -0.3 is 4.98 Å². The summed E-state index contributed by atoms with van der Waals surface area (Å²) in [6.45, 7) is 1.29. The van der Waals surface area contributed by atoms with Gasteiger partial charge in [-0.3, -0.25) is 19.8 Å². The zero-order chi connectivity index (χ0) is 14.7. The van der Waals surface area contributed by atoms with Gasteiger partial charge in [0.2, 0.25) is 11.7 Å². The van der Waals surface area contributed by atoms with Gasteiger partial charge in [-0.2, -0.15) is 0 Å². The van der Waals surface area contributed by atoms with Crippen LogP contribution in [0.15, 0.2) is 36.7 Å². The maximum Gasteiger partial charge on any atom is 0.312 e. The summed E-state index contributed by atoms with van der Waals surface area (Å²) in [5.74, 6) is -0.479. The first-order chi connectivity index (χ1) is 9.52. The van der Waals surface area contributed by atoms with E-state index >= 15 is 0 Å². The molecule has 0 bridgehead atoms. The summed E-state index contributed by atoms with van der Waals surface area (Å²) in [7, 11) is 0. The van der Waals surface area contributed by atoms with E-state index in [2.05, 4.69) is 9.97 Å². The van der Waals surface area contributed by atoms with Crippen molar-refractivity contribution in [2.45, 2.75) is 6.92 Å². The fourth-order valence-corrected chi connectivity index (χ4v) is 1.95. The van der Waals surface area contributed by atoms with Crippen LogP contribution >= 0.6 is 12.2 Å². The summed E-state index contributed by atoms with van der Waals surface area (Å²) in [4.78, 5) is 30.2. The molecule has 7 nitrogen and oxygen atoms in total. The average molecular weight is 290 g/mol. The van der Waals surface area contributed by atoms with Gasteiger partial charge in [0, 0.05) is 25.4 Å². The number of anilines is 2. The molecule has 2 aromatic rings. The minimum Gasteiger partial charge on any atom is -0.351 e. The van der Waals surface area contributed by atoms with E-state index < -0.39 is 10.8 Å². The van der Waals surface area contributed by atoms with E-state index in [0.717, 1.165) is 4.90 Å². The number of hydrogen-bond donors (Lipinski definition) is 1. The maximum absolute atomic E-state index is 11.9. The third-order valence-electron chi connectivity index (χ3n) is 2.53. The average Bonchev–Trinajstić information content (AvgIpc) is 2.41. The molecule has 0 radical (unpaired) electrons. The fourth-order valence-electron chi connectivity index (χ4n) is 1.72. The second-order valence-electron chi connectivity index (χ2n) is 3.84. The lowest BCUT2D eigenvalue weighted by Gasteiger charge is -2.19. The summed E-state index contributed by atoms with van der Waals surface area (Å²) in [6, 6.07) is 5.97. The lowest BCUT2D eigenvalue weighted by atomic mass is 10.3. The topological polar surface area (TPSA) is 92.1 Å². The largest absolute Gasteiger partial charge is 0.351 e. The molecule has 0 unspecified atom stereocenters. The normalized spacial score (nSPS) is 10.1. The minimum absolute atomic E-state index is 0.0595. The van der Waals surface area contributed by atoms with Gasteiger partial charge in [0.15, 0.2) is 0 Å². The Balaban J connectivity index is 2.68. The number of nitro groups is 1. The number of pyridine rings is 2. The second-order valence-corrected chi connectivity index (χ2v) is 4.25. The molecule has 0 aliphatic rings. The number of H-pyrrole nitrogens is 1. The van der Waals surface area contributed by atoms with Crippen molar-refractivity contribution in [3.05, 3.63) is 51.4 Å². The van der Waals surface area contributed by atoms with Gasteiger partial charge in [-0.05, 0) is 18.2 Å². The van der Waals surface area contributed by atoms with Gasteiger partial charge in [-0.25, -0.2) is 4.98 Å². The van der Waals surface area contributed by atoms with E-state index in [1.165, 1.54) is 25.3 Å². The standard InChI is InChI=1S/C12H10N4O3S/c1-8(17)15(10-5-3-7-14-12(10)20)11-9(16(18)19)4-2-6-13-11/h2-7H,1H3,(H,14,20). The Bertz CT molecular complexity index is 728. The maximum atomic E-state index is 11.9. The molecular weight excluding hydrogens is 280 g/mol. The van der Waals surface area contributed by atoms with Gasteiger partial charge in [-0.1, -0.05) is 12.2 Å². The number of nitrogens with zero attached hydrogens (tertiary/aromatic N) is 3. The van der Waals surface area contributed by atoms with Crippen molar-refractivity contribution >= 4 is 35.3 Å². The molecule has 0 aliphatic carbocycles. The highest BCUT2D eigenvalue weighted by molar-refractivity contribution is 7.71. The number of carbonyl (C=O) groups is 1. The Kier molecular flexibility index (Phi) is 3.85. The van der Waals surface area contributed by atoms with Crippen molar-refractivity contribution in [1.29, 1.82) is 0 Å². The monoisotopic (exact) mass is 290 g/mol. The van der Waals surface area contributed by atoms with Crippen LogP contribution < -0.4 is 4.90 Å². The molecule has 8 heteroatoms. The number of amides is 1. The van der Waals surface area contributed by atoms with Gasteiger partial charge in [0.05, 0.1) is 10.6 Å². The lowest BCUT2D eigenvalue weighted by molar-refractivity contribution is -0.384. The summed E-state index contributed by atoms with van der Waals surface area (Å²) in [6.07, 6.45) is 2.99. The van der Waals surface area contributed by atoms with Gasteiger partial charge >= 0.3 is 5.69 Å². The van der Waals surface area contributed by atoms with E-state index in [9.17, 15) is 14.9 Å². The highest BCUT2D eigenvalue weighted by Crippen LogP contribution is 2.31. The van der Waals surface area contributed by atoms with E-state index in [4.69, 9.17) is 12.2 Å². The van der Waals surface area contributed by atoms with Crippen molar-refractivity contribution in [3.63, 3.8) is 0 Å². The first-order valence-electron chi connectivity index (χ1n) is 5.60. The Labute approximate surface area is 119 Å². The number of aromatic amines is 1. The molecule has 102 valence electrons. The van der Waals surface area contributed by atoms with E-state index in [0.29, 0.717) is 10.3 Å². The van der Waals surface area contributed by atoms with Crippen LogP contribution in [0, 0.1) is 14.8 Å². The predicted octanol–water partition coefficient (Wildman–Crippen LogP) is 2.73. The predicted molar refractivity (Wildman–Crippen MR) is 75.3 cm³/mol. The molecule has 0 aromatic carbocycles. The van der Waals surface area contributed by atoms with Crippen LogP contribution in [0.1, 0.15) is 6.92 Å². The second kappa shape index (κ2) is 5.57. The summed E-state index contributed by atoms with van der Waals surface area (Å²) >= 11 is 5.11. The third-order valence-corrected chi connectivity index (χ3v) is 2.85. The zero-order valence-corrected chi connectivity index (χ0v) is 11.3. The molecule has 0 spiro atoms. The Morgan fingerprint density at radius 1 is 1.45 bits per heavy atom. The summed E-state index contributed by atoms with van der Waals surface area (Å²) < 4.78 is 0.294. The number of aromatic nitrogens is 2. The van der Waals surface area contributed by atoms with Crippen molar-refractivity contribution in [1.82, 2.24) is 9.97 Å². The first-order valence-corrected chi connectivity index (χ1v) is 6.01. The quantitative estimate of drug-likeness (QED) is 0.533. The highest BCUT2D eigenvalue weighted by atomic mass is 32.1. The molecule has 2 rings (SSSR count). The van der Waals surface area contributed by atoms with Gasteiger partial charge in [0.25, 0.3) is 0 Å². The first kappa shape index (κ1) is 13.8. The van der Waals surface area contributed by atoms with Crippen LogP contribution in [0.3, 0.4) is 0 Å². The smallest absolute Gasteiger partial charge is 0.312 e. The van der Waals surface area contributed by atoms with Crippen LogP contribution in [-0.4, -0.2) is 20.8 Å². The molecule has 0 saturated heterocycles. The van der Waals surface area contributed by atoms with Crippen molar-refractivity contribution in [3.8, 4) is 0 Å². The number of nitrogens with one attached hydrogen (secondary N) is 1. The molecule has 20 heavy (non-hydrogen) atoms. The highest BCUT2D eigenvalue weighted by Gasteiger charge is 2.25. The van der Waals surface area contributed by atoms with Crippen LogP contribution in [0.25, 0.3) is 0 Å². The van der Waals surface area contributed by atoms with Gasteiger partial charge in [-0.15, -0.1) is 0 Å². The van der Waals surface area contributed by atoms with Crippen molar-refractivity contribution < 1.29 is 9.72 Å². The Morgan fingerprint density at radius 3 is 2.80 bits per heavy atom. The number of rotatable bonds is 3. The van der Waals surface area contributed by atoms with Crippen LogP contribution in [-0.2, 0) is 4.79 Å². The van der Waals surface area contributed by atoms with Crippen molar-refractivity contribution in [2.24, 2.45) is 0 Å². The Hall–Kier alpha value is -2.61. The fraction of sp³-hybridized carbons (Fsp3) is 0.0833. The van der Waals surface area contributed by atoms with E-state index in [1.807, 2.05) is 0 Å². The van der Waals surface area contributed by atoms with Crippen molar-refractivity contribution in [2.75, 3.05) is 4.90 Å².